The molecule has 108 valence electrons. The second-order valence-corrected chi connectivity index (χ2v) is 7.00. The maximum atomic E-state index is 6.11. The molecule has 2 N–H and O–H groups in total. The average Bonchev–Trinajstić information content (AvgIpc) is 2.93. The molecule has 1 aliphatic carbocycles. The zero-order valence-electron chi connectivity index (χ0n) is 12.3. The Morgan fingerprint density at radius 2 is 2.11 bits per heavy atom. The molecule has 3 heteroatoms. The zero-order chi connectivity index (χ0) is 13.7. The summed E-state index contributed by atoms with van der Waals surface area (Å²) in [4.78, 5) is 4.05. The van der Waals surface area contributed by atoms with E-state index in [1.807, 2.05) is 11.3 Å². The molecule has 1 atom stereocenters. The van der Waals surface area contributed by atoms with E-state index in [1.54, 1.807) is 0 Å². The highest BCUT2D eigenvalue weighted by atomic mass is 32.1. The highest BCUT2D eigenvalue weighted by Crippen LogP contribution is 2.32. The fraction of sp³-hybridized carbons (Fsp3) is 0.750. The molecule has 1 unspecified atom stereocenters. The molecule has 0 spiro atoms. The highest BCUT2D eigenvalue weighted by Gasteiger charge is 2.28. The van der Waals surface area contributed by atoms with Crippen LogP contribution in [0.15, 0.2) is 17.5 Å². The molecule has 0 saturated heterocycles. The second kappa shape index (κ2) is 7.41. The monoisotopic (exact) mass is 280 g/mol. The molecule has 1 aliphatic rings. The van der Waals surface area contributed by atoms with Crippen LogP contribution in [-0.2, 0) is 6.54 Å². The Kier molecular flexibility index (Phi) is 5.86. The van der Waals surface area contributed by atoms with Crippen molar-refractivity contribution in [2.45, 2.75) is 52.1 Å². The van der Waals surface area contributed by atoms with Gasteiger partial charge in [0.1, 0.15) is 0 Å². The first-order valence-electron chi connectivity index (χ1n) is 7.71. The van der Waals surface area contributed by atoms with Crippen LogP contribution in [0.3, 0.4) is 0 Å². The van der Waals surface area contributed by atoms with Crippen LogP contribution in [0.25, 0.3) is 0 Å². The minimum atomic E-state index is 0.569. The van der Waals surface area contributed by atoms with Gasteiger partial charge in [-0.2, -0.15) is 0 Å². The van der Waals surface area contributed by atoms with Crippen molar-refractivity contribution in [3.05, 3.63) is 22.4 Å². The minimum Gasteiger partial charge on any atom is -0.329 e. The van der Waals surface area contributed by atoms with Gasteiger partial charge in [-0.05, 0) is 42.7 Å². The maximum Gasteiger partial charge on any atom is 0.0331 e. The molecule has 0 amide bonds. The lowest BCUT2D eigenvalue weighted by Gasteiger charge is -2.38. The molecule has 1 aromatic heterocycles. The normalized spacial score (nSPS) is 25.7. The van der Waals surface area contributed by atoms with Crippen LogP contribution >= 0.6 is 11.3 Å². The maximum absolute atomic E-state index is 6.11. The zero-order valence-corrected chi connectivity index (χ0v) is 13.2. The number of hydrogen-bond donors (Lipinski definition) is 1. The van der Waals surface area contributed by atoms with E-state index in [1.165, 1.54) is 30.6 Å². The third-order valence-electron chi connectivity index (χ3n) is 4.66. The van der Waals surface area contributed by atoms with Gasteiger partial charge in [-0.3, -0.25) is 4.90 Å². The molecule has 0 bridgehead atoms. The van der Waals surface area contributed by atoms with Crippen molar-refractivity contribution in [3.63, 3.8) is 0 Å². The molecule has 19 heavy (non-hydrogen) atoms. The molecule has 0 aromatic carbocycles. The third kappa shape index (κ3) is 4.04. The smallest absolute Gasteiger partial charge is 0.0331 e. The van der Waals surface area contributed by atoms with Crippen molar-refractivity contribution in [1.82, 2.24) is 4.90 Å². The van der Waals surface area contributed by atoms with Crippen LogP contribution in [0.4, 0.5) is 0 Å². The summed E-state index contributed by atoms with van der Waals surface area (Å²) >= 11 is 1.86. The second-order valence-electron chi connectivity index (χ2n) is 5.97. The number of nitrogens with two attached hydrogens (primary N) is 1. The Balaban J connectivity index is 1.97. The van der Waals surface area contributed by atoms with Crippen LogP contribution in [0.5, 0.6) is 0 Å². The van der Waals surface area contributed by atoms with Crippen molar-refractivity contribution in [3.8, 4) is 0 Å². The lowest BCUT2D eigenvalue weighted by molar-refractivity contribution is 0.111. The standard InChI is InChI=1S/C16H28N2S/c1-3-18(12-15-5-4-10-19-15)16(11-17)14-8-6-13(2)7-9-14/h4-5,10,13-14,16H,3,6-9,11-12,17H2,1-2H3. The summed E-state index contributed by atoms with van der Waals surface area (Å²) in [6, 6.07) is 4.96. The van der Waals surface area contributed by atoms with E-state index in [9.17, 15) is 0 Å². The summed E-state index contributed by atoms with van der Waals surface area (Å²) in [5.41, 5.74) is 6.11. The summed E-state index contributed by atoms with van der Waals surface area (Å²) in [6.45, 7) is 7.63. The molecule has 0 aliphatic heterocycles. The van der Waals surface area contributed by atoms with Gasteiger partial charge in [0, 0.05) is 24.0 Å². The third-order valence-corrected chi connectivity index (χ3v) is 5.52. The van der Waals surface area contributed by atoms with Gasteiger partial charge in [0.25, 0.3) is 0 Å². The van der Waals surface area contributed by atoms with E-state index in [0.717, 1.165) is 31.5 Å². The Labute approximate surface area is 122 Å². The van der Waals surface area contributed by atoms with Crippen molar-refractivity contribution >= 4 is 11.3 Å². The molecule has 0 radical (unpaired) electrons. The molecule has 2 nitrogen and oxygen atoms in total. The first-order valence-corrected chi connectivity index (χ1v) is 8.59. The Morgan fingerprint density at radius 1 is 1.37 bits per heavy atom. The number of likely N-dealkylation sites (N-methyl/N-ethyl adjacent to an activating group) is 1. The first kappa shape index (κ1) is 15.0. The fourth-order valence-corrected chi connectivity index (χ4v) is 4.11. The van der Waals surface area contributed by atoms with Crippen LogP contribution in [0.2, 0.25) is 0 Å². The van der Waals surface area contributed by atoms with Gasteiger partial charge in [0.05, 0.1) is 0 Å². The Bertz CT molecular complexity index is 342. The first-order chi connectivity index (χ1) is 9.24. The van der Waals surface area contributed by atoms with Gasteiger partial charge >= 0.3 is 0 Å². The summed E-state index contributed by atoms with van der Waals surface area (Å²) in [5, 5.41) is 2.17. The lowest BCUT2D eigenvalue weighted by Crippen LogP contribution is -2.46. The number of hydrogen-bond acceptors (Lipinski definition) is 3. The van der Waals surface area contributed by atoms with Crippen molar-refractivity contribution in [2.75, 3.05) is 13.1 Å². The van der Waals surface area contributed by atoms with Crippen molar-refractivity contribution in [1.29, 1.82) is 0 Å². The van der Waals surface area contributed by atoms with E-state index < -0.39 is 0 Å². The van der Waals surface area contributed by atoms with E-state index in [0.29, 0.717) is 6.04 Å². The van der Waals surface area contributed by atoms with Gasteiger partial charge in [-0.15, -0.1) is 11.3 Å². The van der Waals surface area contributed by atoms with E-state index >= 15 is 0 Å². The van der Waals surface area contributed by atoms with E-state index in [4.69, 9.17) is 5.73 Å². The van der Waals surface area contributed by atoms with Crippen molar-refractivity contribution < 1.29 is 0 Å². The number of rotatable bonds is 6. The van der Waals surface area contributed by atoms with Gasteiger partial charge in [-0.25, -0.2) is 0 Å². The van der Waals surface area contributed by atoms with Gasteiger partial charge in [-0.1, -0.05) is 32.8 Å². The number of nitrogens with zero attached hydrogens (tertiary/aromatic N) is 1. The van der Waals surface area contributed by atoms with Crippen LogP contribution in [-0.4, -0.2) is 24.0 Å². The molecular weight excluding hydrogens is 252 g/mol. The summed E-state index contributed by atoms with van der Waals surface area (Å²) in [6.07, 6.45) is 5.50. The average molecular weight is 280 g/mol. The predicted octanol–water partition coefficient (Wildman–Crippen LogP) is 3.72. The quantitative estimate of drug-likeness (QED) is 0.860. The van der Waals surface area contributed by atoms with Gasteiger partial charge in [0.2, 0.25) is 0 Å². The highest BCUT2D eigenvalue weighted by molar-refractivity contribution is 7.09. The van der Waals surface area contributed by atoms with E-state index in [-0.39, 0.29) is 0 Å². The minimum absolute atomic E-state index is 0.569. The number of thiophene rings is 1. The van der Waals surface area contributed by atoms with Crippen LogP contribution in [0.1, 0.15) is 44.4 Å². The SMILES string of the molecule is CCN(Cc1cccs1)C(CN)C1CCC(C)CC1. The van der Waals surface area contributed by atoms with Crippen molar-refractivity contribution in [2.24, 2.45) is 17.6 Å². The molecule has 1 aromatic rings. The lowest BCUT2D eigenvalue weighted by atomic mass is 9.78. The summed E-state index contributed by atoms with van der Waals surface area (Å²) < 4.78 is 0. The van der Waals surface area contributed by atoms with Gasteiger partial charge < -0.3 is 5.73 Å². The summed E-state index contributed by atoms with van der Waals surface area (Å²) in [7, 11) is 0. The van der Waals surface area contributed by atoms with Gasteiger partial charge in [0.15, 0.2) is 0 Å². The molecule has 1 fully saturated rings. The summed E-state index contributed by atoms with van der Waals surface area (Å²) in [5.74, 6) is 1.73. The Hall–Kier alpha value is -0.380. The topological polar surface area (TPSA) is 29.3 Å². The largest absolute Gasteiger partial charge is 0.329 e. The molecule has 1 saturated carbocycles. The Morgan fingerprint density at radius 3 is 2.63 bits per heavy atom. The van der Waals surface area contributed by atoms with E-state index in [2.05, 4.69) is 36.3 Å². The van der Waals surface area contributed by atoms with Crippen LogP contribution in [0, 0.1) is 11.8 Å². The molecular formula is C16H28N2S. The fourth-order valence-electron chi connectivity index (χ4n) is 3.38. The molecule has 2 rings (SSSR count). The predicted molar refractivity (Wildman–Crippen MR) is 84.4 cm³/mol. The van der Waals surface area contributed by atoms with Crippen LogP contribution < -0.4 is 5.73 Å². The molecule has 1 heterocycles.